The number of nitrogens with zero attached hydrogens (tertiary/aromatic N) is 3. The fraction of sp³-hybridized carbons (Fsp3) is 0.281. The molecule has 0 spiro atoms. The van der Waals surface area contributed by atoms with E-state index in [0.29, 0.717) is 38.7 Å². The predicted molar refractivity (Wildman–Crippen MR) is 169 cm³/mol. The Kier molecular flexibility index (Phi) is 8.17. The number of carbonyl (C=O) groups is 1. The molecule has 1 fully saturated rings. The summed E-state index contributed by atoms with van der Waals surface area (Å²) < 4.78 is 14.8. The first-order valence-electron chi connectivity index (χ1n) is 14.1. The number of furan rings is 1. The number of fused-ring (bicyclic) bond motifs is 1. The van der Waals surface area contributed by atoms with Gasteiger partial charge in [0.2, 0.25) is 5.88 Å². The van der Waals surface area contributed by atoms with Crippen LogP contribution in [0.5, 0.6) is 5.75 Å². The number of thiazole rings is 1. The van der Waals surface area contributed by atoms with Crippen LogP contribution >= 0.6 is 27.3 Å². The SMILES string of the molecule is CCOc1ccc([C@@H]2C(C(=O)Nc3ccccc3)=C(C)N=c3s/c(=C/c4cc(Br)c(N5CCCCC5)o4)c(=O)n32)cc1. The molecule has 10 heteroatoms. The van der Waals surface area contributed by atoms with Gasteiger partial charge in [-0.2, -0.15) is 0 Å². The van der Waals surface area contributed by atoms with Crippen LogP contribution < -0.4 is 29.8 Å². The maximum absolute atomic E-state index is 14.0. The van der Waals surface area contributed by atoms with E-state index in [4.69, 9.17) is 14.1 Å². The zero-order chi connectivity index (χ0) is 29.2. The number of piperidine rings is 1. The molecule has 2 aliphatic heterocycles. The summed E-state index contributed by atoms with van der Waals surface area (Å²) in [5, 5.41) is 2.98. The van der Waals surface area contributed by atoms with Gasteiger partial charge in [0.1, 0.15) is 11.5 Å². The number of ether oxygens (including phenoxy) is 1. The lowest BCUT2D eigenvalue weighted by atomic mass is 9.95. The van der Waals surface area contributed by atoms with Gasteiger partial charge in [0, 0.05) is 30.9 Å². The number of aromatic nitrogens is 1. The Morgan fingerprint density at radius 3 is 2.60 bits per heavy atom. The third-order valence-electron chi connectivity index (χ3n) is 7.41. The van der Waals surface area contributed by atoms with Gasteiger partial charge in [-0.05, 0) is 78.9 Å². The van der Waals surface area contributed by atoms with Gasteiger partial charge in [-0.3, -0.25) is 14.2 Å². The molecule has 0 bridgehead atoms. The second-order valence-corrected chi connectivity index (χ2v) is 12.1. The minimum Gasteiger partial charge on any atom is -0.494 e. The number of halogens is 1. The molecule has 2 aliphatic rings. The van der Waals surface area contributed by atoms with Crippen LogP contribution in [0.2, 0.25) is 0 Å². The van der Waals surface area contributed by atoms with E-state index < -0.39 is 6.04 Å². The molecule has 2 aromatic carbocycles. The number of nitrogens with one attached hydrogen (secondary N) is 1. The van der Waals surface area contributed by atoms with Crippen LogP contribution in [-0.2, 0) is 4.79 Å². The van der Waals surface area contributed by atoms with E-state index in [9.17, 15) is 9.59 Å². The Hall–Kier alpha value is -3.89. The number of allylic oxidation sites excluding steroid dienone is 1. The van der Waals surface area contributed by atoms with Crippen molar-refractivity contribution < 1.29 is 13.9 Å². The van der Waals surface area contributed by atoms with Crippen LogP contribution in [0.25, 0.3) is 6.08 Å². The highest BCUT2D eigenvalue weighted by molar-refractivity contribution is 9.10. The first-order chi connectivity index (χ1) is 20.4. The molecule has 2 aromatic heterocycles. The summed E-state index contributed by atoms with van der Waals surface area (Å²) in [5.74, 6) is 1.79. The highest BCUT2D eigenvalue weighted by Crippen LogP contribution is 2.33. The summed E-state index contributed by atoms with van der Waals surface area (Å²) >= 11 is 4.93. The fourth-order valence-corrected chi connectivity index (χ4v) is 7.03. The van der Waals surface area contributed by atoms with Crippen molar-refractivity contribution in [2.75, 3.05) is 29.9 Å². The molecule has 0 saturated carbocycles. The Morgan fingerprint density at radius 1 is 1.14 bits per heavy atom. The monoisotopic (exact) mass is 646 g/mol. The molecule has 1 atom stereocenters. The summed E-state index contributed by atoms with van der Waals surface area (Å²) in [5.41, 5.74) is 2.19. The number of hydrogen-bond donors (Lipinski definition) is 1. The number of benzene rings is 2. The van der Waals surface area contributed by atoms with Crippen LogP contribution in [0.4, 0.5) is 11.6 Å². The molecule has 1 amide bonds. The van der Waals surface area contributed by atoms with E-state index >= 15 is 0 Å². The molecule has 4 aromatic rings. The summed E-state index contributed by atoms with van der Waals surface area (Å²) in [4.78, 5) is 35.3. The highest BCUT2D eigenvalue weighted by atomic mass is 79.9. The Labute approximate surface area is 255 Å². The fourth-order valence-electron chi connectivity index (χ4n) is 5.45. The third kappa shape index (κ3) is 5.61. The highest BCUT2D eigenvalue weighted by Gasteiger charge is 2.32. The van der Waals surface area contributed by atoms with E-state index in [-0.39, 0.29) is 11.5 Å². The third-order valence-corrected chi connectivity index (χ3v) is 8.96. The van der Waals surface area contributed by atoms with Crippen molar-refractivity contribution in [3.63, 3.8) is 0 Å². The smallest absolute Gasteiger partial charge is 0.271 e. The molecular weight excluding hydrogens is 616 g/mol. The summed E-state index contributed by atoms with van der Waals surface area (Å²) in [6.45, 7) is 6.18. The van der Waals surface area contributed by atoms with Crippen LogP contribution in [0.3, 0.4) is 0 Å². The molecule has 4 heterocycles. The molecule has 42 heavy (non-hydrogen) atoms. The van der Waals surface area contributed by atoms with E-state index in [1.807, 2.05) is 74.5 Å². The van der Waals surface area contributed by atoms with Gasteiger partial charge in [0.15, 0.2) is 4.80 Å². The number of hydrogen-bond acceptors (Lipinski definition) is 7. The van der Waals surface area contributed by atoms with Crippen molar-refractivity contribution >= 4 is 50.8 Å². The number of anilines is 2. The molecular formula is C32H31BrN4O4S. The minimum absolute atomic E-state index is 0.234. The summed E-state index contributed by atoms with van der Waals surface area (Å²) in [7, 11) is 0. The van der Waals surface area contributed by atoms with Crippen molar-refractivity contribution in [2.45, 2.75) is 39.2 Å². The number of rotatable bonds is 7. The molecule has 6 rings (SSSR count). The lowest BCUT2D eigenvalue weighted by Crippen LogP contribution is -2.40. The van der Waals surface area contributed by atoms with Crippen LogP contribution in [0.15, 0.2) is 90.6 Å². The standard InChI is InChI=1S/C32H31BrN4O4S/c1-3-40-23-14-12-21(13-15-23)28-27(29(38)35-22-10-6-4-7-11-22)20(2)34-32-37(28)30(39)26(42-32)19-24-18-25(33)31(41-24)36-16-8-5-9-17-36/h4,6-7,10-15,18-19,28H,3,5,8-9,16-17H2,1-2H3,(H,35,38)/b26-19+/t28-/m1/s1. The van der Waals surface area contributed by atoms with Crippen molar-refractivity contribution in [1.29, 1.82) is 0 Å². The van der Waals surface area contributed by atoms with Crippen molar-refractivity contribution in [1.82, 2.24) is 4.57 Å². The molecule has 216 valence electrons. The van der Waals surface area contributed by atoms with Gasteiger partial charge >= 0.3 is 0 Å². The topological polar surface area (TPSA) is 89.1 Å². The number of amides is 1. The lowest BCUT2D eigenvalue weighted by Gasteiger charge is -2.26. The van der Waals surface area contributed by atoms with Crippen LogP contribution in [-0.4, -0.2) is 30.2 Å². The first kappa shape index (κ1) is 28.2. The van der Waals surface area contributed by atoms with Gasteiger partial charge in [0.25, 0.3) is 11.5 Å². The lowest BCUT2D eigenvalue weighted by molar-refractivity contribution is -0.113. The van der Waals surface area contributed by atoms with Crippen molar-refractivity contribution in [3.8, 4) is 5.75 Å². The van der Waals surface area contributed by atoms with Crippen molar-refractivity contribution in [2.24, 2.45) is 4.99 Å². The Balaban J connectivity index is 1.44. The van der Waals surface area contributed by atoms with Gasteiger partial charge in [-0.25, -0.2) is 4.99 Å². The van der Waals surface area contributed by atoms with Crippen LogP contribution in [0.1, 0.15) is 50.5 Å². The summed E-state index contributed by atoms with van der Waals surface area (Å²) in [6.07, 6.45) is 5.25. The largest absolute Gasteiger partial charge is 0.494 e. The molecule has 0 unspecified atom stereocenters. The van der Waals surface area contributed by atoms with E-state index in [2.05, 4.69) is 26.1 Å². The molecule has 1 N–H and O–H groups in total. The Morgan fingerprint density at radius 2 is 1.88 bits per heavy atom. The predicted octanol–water partition coefficient (Wildman–Crippen LogP) is 5.62. The average Bonchev–Trinajstić information content (AvgIpc) is 3.52. The molecule has 0 radical (unpaired) electrons. The second kappa shape index (κ2) is 12.1. The zero-order valence-corrected chi connectivity index (χ0v) is 25.8. The molecule has 1 saturated heterocycles. The maximum atomic E-state index is 14.0. The first-order valence-corrected chi connectivity index (χ1v) is 15.7. The average molecular weight is 648 g/mol. The zero-order valence-electron chi connectivity index (χ0n) is 23.4. The van der Waals surface area contributed by atoms with E-state index in [1.165, 1.54) is 17.8 Å². The van der Waals surface area contributed by atoms with E-state index in [0.717, 1.165) is 47.6 Å². The normalized spacial score (nSPS) is 17.2. The molecule has 8 nitrogen and oxygen atoms in total. The van der Waals surface area contributed by atoms with Gasteiger partial charge < -0.3 is 19.4 Å². The van der Waals surface area contributed by atoms with Gasteiger partial charge in [0.05, 0.1) is 32.9 Å². The van der Waals surface area contributed by atoms with Gasteiger partial charge in [-0.1, -0.05) is 41.7 Å². The Bertz CT molecular complexity index is 1820. The summed E-state index contributed by atoms with van der Waals surface area (Å²) in [6, 6.07) is 18.0. The van der Waals surface area contributed by atoms with E-state index in [1.54, 1.807) is 10.6 Å². The number of carbonyl (C=O) groups excluding carboxylic acids is 1. The number of para-hydroxylation sites is 1. The van der Waals surface area contributed by atoms with Crippen LogP contribution in [0, 0.1) is 0 Å². The van der Waals surface area contributed by atoms with Gasteiger partial charge in [-0.15, -0.1) is 0 Å². The second-order valence-electron chi connectivity index (χ2n) is 10.3. The molecule has 0 aliphatic carbocycles. The maximum Gasteiger partial charge on any atom is 0.271 e. The van der Waals surface area contributed by atoms with Crippen molar-refractivity contribution in [3.05, 3.63) is 107 Å². The quantitative estimate of drug-likeness (QED) is 0.282. The minimum atomic E-state index is -0.671.